The molecule has 3 rings (SSSR count). The Hall–Kier alpha value is -1.67. The van der Waals surface area contributed by atoms with E-state index in [1.165, 1.54) is 16.2 Å². The maximum Gasteiger partial charge on any atom is 0.273 e. The van der Waals surface area contributed by atoms with Gasteiger partial charge >= 0.3 is 0 Å². The van der Waals surface area contributed by atoms with Crippen LogP contribution in [0, 0.1) is 0 Å². The second-order valence-corrected chi connectivity index (χ2v) is 6.85. The number of ether oxygens (including phenoxy) is 1. The Morgan fingerprint density at radius 2 is 2.12 bits per heavy atom. The summed E-state index contributed by atoms with van der Waals surface area (Å²) in [6, 6.07) is 5.18. The van der Waals surface area contributed by atoms with E-state index in [0.29, 0.717) is 27.3 Å². The molecule has 1 atom stereocenters. The van der Waals surface area contributed by atoms with Crippen molar-refractivity contribution < 1.29 is 14.3 Å². The fraction of sp³-hybridized carbons (Fsp3) is 0.267. The van der Waals surface area contributed by atoms with Gasteiger partial charge in [-0.25, -0.2) is 4.98 Å². The van der Waals surface area contributed by atoms with Gasteiger partial charge in [0.15, 0.2) is 6.10 Å². The van der Waals surface area contributed by atoms with Crippen molar-refractivity contribution in [2.24, 2.45) is 5.73 Å². The second-order valence-electron chi connectivity index (χ2n) is 5.18. The van der Waals surface area contributed by atoms with Gasteiger partial charge in [0, 0.05) is 17.5 Å². The third kappa shape index (κ3) is 3.54. The lowest BCUT2D eigenvalue weighted by Crippen LogP contribution is -2.50. The standard InChI is InChI=1S/C15H13Cl2N3O3S/c16-9-2-1-8(5-10(9)17)14-19-11(7-24-14)15(22)20-3-4-23-12(6-20)13(18)21/h1-2,5,7,12H,3-4,6H2,(H2,18,21)/t12-/m1/s1. The van der Waals surface area contributed by atoms with Gasteiger partial charge in [-0.05, 0) is 12.1 Å². The number of morpholine rings is 1. The van der Waals surface area contributed by atoms with Crippen LogP contribution in [0.1, 0.15) is 10.5 Å². The lowest BCUT2D eigenvalue weighted by atomic mass is 10.2. The summed E-state index contributed by atoms with van der Waals surface area (Å²) in [7, 11) is 0. The quantitative estimate of drug-likeness (QED) is 0.878. The van der Waals surface area contributed by atoms with Crippen molar-refractivity contribution in [3.8, 4) is 10.6 Å². The van der Waals surface area contributed by atoms with Crippen LogP contribution in [-0.4, -0.2) is 47.5 Å². The number of carbonyl (C=O) groups excluding carboxylic acids is 2. The second kappa shape index (κ2) is 7.06. The van der Waals surface area contributed by atoms with Crippen LogP contribution in [0.3, 0.4) is 0 Å². The zero-order valence-electron chi connectivity index (χ0n) is 12.4. The van der Waals surface area contributed by atoms with Gasteiger partial charge in [0.05, 0.1) is 23.2 Å². The molecular weight excluding hydrogens is 373 g/mol. The van der Waals surface area contributed by atoms with Crippen molar-refractivity contribution in [1.82, 2.24) is 9.88 Å². The van der Waals surface area contributed by atoms with Crippen LogP contribution in [0.4, 0.5) is 0 Å². The summed E-state index contributed by atoms with van der Waals surface area (Å²) < 4.78 is 5.24. The minimum Gasteiger partial charge on any atom is -0.367 e. The molecule has 2 aromatic rings. The van der Waals surface area contributed by atoms with Crippen molar-refractivity contribution in [3.63, 3.8) is 0 Å². The lowest BCUT2D eigenvalue weighted by molar-refractivity contribution is -0.133. The van der Waals surface area contributed by atoms with Crippen LogP contribution in [0.25, 0.3) is 10.6 Å². The topological polar surface area (TPSA) is 85.5 Å². The van der Waals surface area contributed by atoms with Gasteiger partial charge in [-0.3, -0.25) is 9.59 Å². The predicted octanol–water partition coefficient (Wildman–Crippen LogP) is 2.44. The van der Waals surface area contributed by atoms with Gasteiger partial charge in [-0.2, -0.15) is 0 Å². The normalized spacial score (nSPS) is 17.8. The SMILES string of the molecule is NC(=O)[C@H]1CN(C(=O)c2csc(-c3ccc(Cl)c(Cl)c3)n2)CCO1. The van der Waals surface area contributed by atoms with E-state index in [9.17, 15) is 9.59 Å². The highest BCUT2D eigenvalue weighted by molar-refractivity contribution is 7.13. The van der Waals surface area contributed by atoms with Crippen LogP contribution in [0.2, 0.25) is 10.0 Å². The van der Waals surface area contributed by atoms with Crippen molar-refractivity contribution >= 4 is 46.4 Å². The molecule has 2 heterocycles. The van der Waals surface area contributed by atoms with Crippen molar-refractivity contribution in [2.45, 2.75) is 6.10 Å². The molecular formula is C15H13Cl2N3O3S. The van der Waals surface area contributed by atoms with Gasteiger partial charge in [0.1, 0.15) is 10.7 Å². The highest BCUT2D eigenvalue weighted by Gasteiger charge is 2.29. The summed E-state index contributed by atoms with van der Waals surface area (Å²) in [5.41, 5.74) is 6.33. The zero-order chi connectivity index (χ0) is 17.3. The van der Waals surface area contributed by atoms with Crippen molar-refractivity contribution in [2.75, 3.05) is 19.7 Å². The first-order valence-electron chi connectivity index (χ1n) is 7.07. The predicted molar refractivity (Wildman–Crippen MR) is 92.4 cm³/mol. The Morgan fingerprint density at radius 3 is 2.83 bits per heavy atom. The smallest absolute Gasteiger partial charge is 0.273 e. The molecule has 0 saturated carbocycles. The fourth-order valence-electron chi connectivity index (χ4n) is 2.30. The minimum absolute atomic E-state index is 0.133. The maximum absolute atomic E-state index is 12.5. The molecule has 9 heteroatoms. The van der Waals surface area contributed by atoms with Crippen LogP contribution < -0.4 is 5.73 Å². The summed E-state index contributed by atoms with van der Waals surface area (Å²) in [5, 5.41) is 3.22. The van der Waals surface area contributed by atoms with Gasteiger partial charge in [-0.1, -0.05) is 29.3 Å². The minimum atomic E-state index is -0.782. The molecule has 1 aromatic heterocycles. The molecule has 0 aliphatic carbocycles. The third-order valence-corrected chi connectivity index (χ3v) is 5.19. The molecule has 1 aliphatic rings. The van der Waals surface area contributed by atoms with E-state index in [1.807, 2.05) is 0 Å². The van der Waals surface area contributed by atoms with Crippen molar-refractivity contribution in [3.05, 3.63) is 39.3 Å². The number of rotatable bonds is 3. The third-order valence-electron chi connectivity index (χ3n) is 3.56. The number of thiazole rings is 1. The zero-order valence-corrected chi connectivity index (χ0v) is 14.7. The highest BCUT2D eigenvalue weighted by Crippen LogP contribution is 2.30. The van der Waals surface area contributed by atoms with Gasteiger partial charge in [-0.15, -0.1) is 11.3 Å². The lowest BCUT2D eigenvalue weighted by Gasteiger charge is -2.30. The number of nitrogens with zero attached hydrogens (tertiary/aromatic N) is 2. The Balaban J connectivity index is 1.78. The molecule has 0 unspecified atom stereocenters. The first kappa shape index (κ1) is 17.2. The molecule has 1 saturated heterocycles. The molecule has 1 fully saturated rings. The summed E-state index contributed by atoms with van der Waals surface area (Å²) in [6.07, 6.45) is -0.782. The van der Waals surface area contributed by atoms with E-state index in [0.717, 1.165) is 5.56 Å². The first-order chi connectivity index (χ1) is 11.5. The number of primary amides is 1. The number of halogens is 2. The van der Waals surface area contributed by atoms with Crippen LogP contribution in [0.15, 0.2) is 23.6 Å². The molecule has 0 bridgehead atoms. The molecule has 126 valence electrons. The average Bonchev–Trinajstić information content (AvgIpc) is 3.06. The Bertz CT molecular complexity index is 796. The average molecular weight is 386 g/mol. The largest absolute Gasteiger partial charge is 0.367 e. The Labute approximate surface area is 152 Å². The number of amides is 2. The van der Waals surface area contributed by atoms with E-state index in [1.54, 1.807) is 23.6 Å². The van der Waals surface area contributed by atoms with E-state index in [4.69, 9.17) is 33.7 Å². The van der Waals surface area contributed by atoms with Crippen LogP contribution >= 0.6 is 34.5 Å². The van der Waals surface area contributed by atoms with E-state index in [2.05, 4.69) is 4.98 Å². The number of nitrogens with two attached hydrogens (primary N) is 1. The molecule has 1 aliphatic heterocycles. The van der Waals surface area contributed by atoms with E-state index >= 15 is 0 Å². The summed E-state index contributed by atoms with van der Waals surface area (Å²) in [5.74, 6) is -0.839. The monoisotopic (exact) mass is 385 g/mol. The van der Waals surface area contributed by atoms with E-state index < -0.39 is 12.0 Å². The number of hydrogen-bond donors (Lipinski definition) is 1. The molecule has 0 radical (unpaired) electrons. The van der Waals surface area contributed by atoms with E-state index in [-0.39, 0.29) is 19.1 Å². The maximum atomic E-state index is 12.5. The molecule has 24 heavy (non-hydrogen) atoms. The van der Waals surface area contributed by atoms with Crippen LogP contribution in [-0.2, 0) is 9.53 Å². The summed E-state index contributed by atoms with van der Waals surface area (Å²) >= 11 is 13.3. The van der Waals surface area contributed by atoms with Crippen molar-refractivity contribution in [1.29, 1.82) is 0 Å². The summed E-state index contributed by atoms with van der Waals surface area (Å²) in [6.45, 7) is 0.791. The molecule has 2 N–H and O–H groups in total. The van der Waals surface area contributed by atoms with Crippen LogP contribution in [0.5, 0.6) is 0 Å². The number of aromatic nitrogens is 1. The summed E-state index contributed by atoms with van der Waals surface area (Å²) in [4.78, 5) is 29.7. The van der Waals surface area contributed by atoms with Gasteiger partial charge in [0.2, 0.25) is 5.91 Å². The Morgan fingerprint density at radius 1 is 1.33 bits per heavy atom. The molecule has 1 aromatic carbocycles. The molecule has 0 spiro atoms. The van der Waals surface area contributed by atoms with Gasteiger partial charge < -0.3 is 15.4 Å². The number of benzene rings is 1. The highest BCUT2D eigenvalue weighted by atomic mass is 35.5. The molecule has 6 nitrogen and oxygen atoms in total. The Kier molecular flexibility index (Phi) is 5.05. The number of hydrogen-bond acceptors (Lipinski definition) is 5. The molecule has 2 amide bonds. The fourth-order valence-corrected chi connectivity index (χ4v) is 3.39. The first-order valence-corrected chi connectivity index (χ1v) is 8.70. The number of carbonyl (C=O) groups is 2. The van der Waals surface area contributed by atoms with Gasteiger partial charge in [0.25, 0.3) is 5.91 Å².